The summed E-state index contributed by atoms with van der Waals surface area (Å²) in [6, 6.07) is -1.16. The molecule has 2 heterocycles. The van der Waals surface area contributed by atoms with Gasteiger partial charge in [0.15, 0.2) is 0 Å². The molecule has 0 aromatic rings. The fourth-order valence-corrected chi connectivity index (χ4v) is 4.07. The van der Waals surface area contributed by atoms with Crippen LogP contribution in [0.4, 0.5) is 4.79 Å². The molecule has 3 amide bonds. The van der Waals surface area contributed by atoms with E-state index in [1.165, 1.54) is 21.6 Å². The van der Waals surface area contributed by atoms with Crippen LogP contribution >= 0.6 is 11.8 Å². The highest BCUT2D eigenvalue weighted by atomic mass is 32.2. The lowest BCUT2D eigenvalue weighted by atomic mass is 10.1. The molecule has 21 heavy (non-hydrogen) atoms. The van der Waals surface area contributed by atoms with Gasteiger partial charge in [-0.15, -0.1) is 11.8 Å². The molecular formula is C13H21N3O4S. The van der Waals surface area contributed by atoms with Crippen LogP contribution in [0.15, 0.2) is 0 Å². The SMILES string of the molecule is CC(C)C1SCC(C(=O)O)N1C(=O)N1CCCNC(=O)C1. The fourth-order valence-electron chi connectivity index (χ4n) is 2.61. The second-order valence-electron chi connectivity index (χ2n) is 5.64. The Labute approximate surface area is 128 Å². The number of hydrogen-bond acceptors (Lipinski definition) is 4. The lowest BCUT2D eigenvalue weighted by Crippen LogP contribution is -2.53. The third-order valence-electron chi connectivity index (χ3n) is 3.64. The Balaban J connectivity index is 2.19. The Morgan fingerprint density at radius 3 is 2.76 bits per heavy atom. The van der Waals surface area contributed by atoms with Crippen LogP contribution in [0.5, 0.6) is 0 Å². The van der Waals surface area contributed by atoms with Crippen LogP contribution in [-0.2, 0) is 9.59 Å². The number of rotatable bonds is 2. The molecule has 2 aliphatic rings. The first kappa shape index (κ1) is 15.9. The standard InChI is InChI=1S/C13H21N3O4S/c1-8(2)11-16(9(7-21-11)12(18)19)13(20)15-5-3-4-14-10(17)6-15/h8-9,11H,3-7H2,1-2H3,(H,14,17)(H,18,19). The van der Waals surface area contributed by atoms with Crippen molar-refractivity contribution in [3.63, 3.8) is 0 Å². The highest BCUT2D eigenvalue weighted by molar-refractivity contribution is 8.00. The maximum Gasteiger partial charge on any atom is 0.327 e. The Bertz CT molecular complexity index is 443. The molecule has 2 aliphatic heterocycles. The number of amides is 3. The number of carboxylic acid groups (broad SMARTS) is 1. The molecule has 2 unspecified atom stereocenters. The molecule has 2 saturated heterocycles. The molecule has 118 valence electrons. The number of carboxylic acids is 1. The van der Waals surface area contributed by atoms with Crippen molar-refractivity contribution in [2.75, 3.05) is 25.4 Å². The summed E-state index contributed by atoms with van der Waals surface area (Å²) in [4.78, 5) is 38.6. The Kier molecular flexibility index (Phi) is 4.97. The number of carbonyl (C=O) groups is 3. The third-order valence-corrected chi connectivity index (χ3v) is 5.26. The van der Waals surface area contributed by atoms with Gasteiger partial charge in [0, 0.05) is 18.8 Å². The van der Waals surface area contributed by atoms with Crippen LogP contribution in [0.1, 0.15) is 20.3 Å². The predicted octanol–water partition coefficient (Wildman–Crippen LogP) is 0.412. The van der Waals surface area contributed by atoms with E-state index in [0.717, 1.165) is 0 Å². The highest BCUT2D eigenvalue weighted by Crippen LogP contribution is 2.35. The van der Waals surface area contributed by atoms with E-state index in [1.807, 2.05) is 13.8 Å². The zero-order valence-electron chi connectivity index (χ0n) is 12.2. The molecule has 2 N–H and O–H groups in total. The summed E-state index contributed by atoms with van der Waals surface area (Å²) in [7, 11) is 0. The highest BCUT2D eigenvalue weighted by Gasteiger charge is 2.44. The van der Waals surface area contributed by atoms with Gasteiger partial charge in [-0.2, -0.15) is 0 Å². The van der Waals surface area contributed by atoms with Gasteiger partial charge in [-0.25, -0.2) is 9.59 Å². The molecule has 0 aromatic carbocycles. The number of nitrogens with zero attached hydrogens (tertiary/aromatic N) is 2. The normalized spacial score (nSPS) is 26.7. The summed E-state index contributed by atoms with van der Waals surface area (Å²) in [6.45, 7) is 4.95. The van der Waals surface area contributed by atoms with Crippen LogP contribution in [0.2, 0.25) is 0 Å². The van der Waals surface area contributed by atoms with E-state index in [0.29, 0.717) is 25.3 Å². The minimum atomic E-state index is -0.988. The first-order valence-electron chi connectivity index (χ1n) is 7.10. The van der Waals surface area contributed by atoms with Gasteiger partial charge in [0.2, 0.25) is 5.91 Å². The summed E-state index contributed by atoms with van der Waals surface area (Å²) in [5.74, 6) is -0.632. The molecule has 8 heteroatoms. The molecule has 0 aliphatic carbocycles. The van der Waals surface area contributed by atoms with Gasteiger partial charge in [-0.3, -0.25) is 9.69 Å². The average molecular weight is 315 g/mol. The lowest BCUT2D eigenvalue weighted by Gasteiger charge is -2.34. The van der Waals surface area contributed by atoms with Gasteiger partial charge in [0.05, 0.1) is 5.37 Å². The van der Waals surface area contributed by atoms with E-state index < -0.39 is 12.0 Å². The van der Waals surface area contributed by atoms with E-state index in [-0.39, 0.29) is 29.8 Å². The van der Waals surface area contributed by atoms with Crippen molar-refractivity contribution in [1.82, 2.24) is 15.1 Å². The van der Waals surface area contributed by atoms with Gasteiger partial charge in [0.1, 0.15) is 12.6 Å². The summed E-state index contributed by atoms with van der Waals surface area (Å²) in [5.41, 5.74) is 0. The maximum absolute atomic E-state index is 12.7. The first-order chi connectivity index (χ1) is 9.91. The summed E-state index contributed by atoms with van der Waals surface area (Å²) < 4.78 is 0. The van der Waals surface area contributed by atoms with Crippen LogP contribution in [0.3, 0.4) is 0 Å². The van der Waals surface area contributed by atoms with Crippen LogP contribution in [0, 0.1) is 5.92 Å². The predicted molar refractivity (Wildman–Crippen MR) is 78.9 cm³/mol. The molecule has 2 rings (SSSR count). The number of urea groups is 1. The molecule has 0 aromatic heterocycles. The second-order valence-corrected chi connectivity index (χ2v) is 6.79. The maximum atomic E-state index is 12.7. The minimum absolute atomic E-state index is 0.00282. The number of nitrogens with one attached hydrogen (secondary N) is 1. The van der Waals surface area contributed by atoms with E-state index in [2.05, 4.69) is 5.32 Å². The smallest absolute Gasteiger partial charge is 0.327 e. The molecule has 7 nitrogen and oxygen atoms in total. The minimum Gasteiger partial charge on any atom is -0.480 e. The summed E-state index contributed by atoms with van der Waals surface area (Å²) in [5, 5.41) is 11.9. The topological polar surface area (TPSA) is 89.9 Å². The van der Waals surface area contributed by atoms with Crippen LogP contribution in [-0.4, -0.2) is 69.6 Å². The van der Waals surface area contributed by atoms with E-state index in [4.69, 9.17) is 0 Å². The van der Waals surface area contributed by atoms with Crippen LogP contribution < -0.4 is 5.32 Å². The second kappa shape index (κ2) is 6.55. The summed E-state index contributed by atoms with van der Waals surface area (Å²) >= 11 is 1.49. The Morgan fingerprint density at radius 2 is 2.14 bits per heavy atom. The molecule has 0 spiro atoms. The Morgan fingerprint density at radius 1 is 1.43 bits per heavy atom. The van der Waals surface area contributed by atoms with Crippen molar-refractivity contribution < 1.29 is 19.5 Å². The monoisotopic (exact) mass is 315 g/mol. The zero-order chi connectivity index (χ0) is 15.6. The molecule has 2 atom stereocenters. The van der Waals surface area contributed by atoms with Gasteiger partial charge in [-0.1, -0.05) is 13.8 Å². The van der Waals surface area contributed by atoms with Gasteiger partial charge >= 0.3 is 12.0 Å². The van der Waals surface area contributed by atoms with E-state index >= 15 is 0 Å². The number of carbonyl (C=O) groups excluding carboxylic acids is 2. The van der Waals surface area contributed by atoms with E-state index in [1.54, 1.807) is 0 Å². The Hall–Kier alpha value is -1.44. The van der Waals surface area contributed by atoms with Crippen molar-refractivity contribution in [3.8, 4) is 0 Å². The van der Waals surface area contributed by atoms with E-state index in [9.17, 15) is 19.5 Å². The van der Waals surface area contributed by atoms with Crippen molar-refractivity contribution in [1.29, 1.82) is 0 Å². The average Bonchev–Trinajstić information content (AvgIpc) is 2.75. The molecular weight excluding hydrogens is 294 g/mol. The largest absolute Gasteiger partial charge is 0.480 e. The lowest BCUT2D eigenvalue weighted by molar-refractivity contribution is -0.141. The summed E-state index contributed by atoms with van der Waals surface area (Å²) in [6.07, 6.45) is 0.683. The zero-order valence-corrected chi connectivity index (χ0v) is 13.1. The van der Waals surface area contributed by atoms with Crippen molar-refractivity contribution in [3.05, 3.63) is 0 Å². The van der Waals surface area contributed by atoms with Gasteiger partial charge in [0.25, 0.3) is 0 Å². The third kappa shape index (κ3) is 3.42. The van der Waals surface area contributed by atoms with Crippen molar-refractivity contribution in [2.24, 2.45) is 5.92 Å². The first-order valence-corrected chi connectivity index (χ1v) is 8.15. The number of aliphatic carboxylic acids is 1. The molecule has 0 saturated carbocycles. The quantitative estimate of drug-likeness (QED) is 0.770. The van der Waals surface area contributed by atoms with Gasteiger partial charge in [-0.05, 0) is 12.3 Å². The van der Waals surface area contributed by atoms with Crippen LogP contribution in [0.25, 0.3) is 0 Å². The van der Waals surface area contributed by atoms with Gasteiger partial charge < -0.3 is 15.3 Å². The number of thioether (sulfide) groups is 1. The van der Waals surface area contributed by atoms with Crippen molar-refractivity contribution in [2.45, 2.75) is 31.7 Å². The van der Waals surface area contributed by atoms with Crippen molar-refractivity contribution >= 4 is 29.7 Å². The fraction of sp³-hybridized carbons (Fsp3) is 0.769. The molecule has 0 bridgehead atoms. The number of hydrogen-bond donors (Lipinski definition) is 2. The molecule has 0 radical (unpaired) electrons. The molecule has 2 fully saturated rings.